The highest BCUT2D eigenvalue weighted by Gasteiger charge is 2.34. The minimum absolute atomic E-state index is 0.0269. The van der Waals surface area contributed by atoms with E-state index in [4.69, 9.17) is 0 Å². The van der Waals surface area contributed by atoms with Gasteiger partial charge in [-0.25, -0.2) is 4.98 Å². The summed E-state index contributed by atoms with van der Waals surface area (Å²) in [6.45, 7) is 0. The van der Waals surface area contributed by atoms with Gasteiger partial charge >= 0.3 is 12.4 Å². The summed E-state index contributed by atoms with van der Waals surface area (Å²) in [4.78, 5) is 5.20. The summed E-state index contributed by atoms with van der Waals surface area (Å²) in [5.41, 5.74) is -1.55. The summed E-state index contributed by atoms with van der Waals surface area (Å²) < 4.78 is 77.3. The minimum Gasteiger partial charge on any atom is -0.349 e. The minimum atomic E-state index is -4.53. The van der Waals surface area contributed by atoms with Crippen LogP contribution in [0.1, 0.15) is 10.6 Å². The maximum Gasteiger partial charge on any atom is 0.417 e. The monoisotopic (exact) mass is 401 g/mol. The molecule has 2 heterocycles. The maximum absolute atomic E-state index is 12.8. The SMILES string of the molecule is CN1C=C(C(F)(F)F)C=CC1=C(C#N)c1nc2cc(C(F)(F)F)ccc2s1. The van der Waals surface area contributed by atoms with E-state index in [0.29, 0.717) is 4.70 Å². The lowest BCUT2D eigenvalue weighted by atomic mass is 10.1. The van der Waals surface area contributed by atoms with Crippen molar-refractivity contribution in [1.82, 2.24) is 9.88 Å². The van der Waals surface area contributed by atoms with Crippen molar-refractivity contribution in [2.24, 2.45) is 0 Å². The van der Waals surface area contributed by atoms with Crippen LogP contribution in [0.5, 0.6) is 0 Å². The molecule has 0 radical (unpaired) electrons. The average molecular weight is 401 g/mol. The first-order valence-corrected chi connectivity index (χ1v) is 8.15. The lowest BCUT2D eigenvalue weighted by Crippen LogP contribution is -2.20. The molecule has 1 aliphatic heterocycles. The highest BCUT2D eigenvalue weighted by Crippen LogP contribution is 2.36. The molecule has 0 N–H and O–H groups in total. The van der Waals surface area contributed by atoms with Crippen LogP contribution in [-0.4, -0.2) is 23.1 Å². The van der Waals surface area contributed by atoms with Gasteiger partial charge in [-0.05, 0) is 30.4 Å². The zero-order valence-electron chi connectivity index (χ0n) is 13.5. The van der Waals surface area contributed by atoms with E-state index in [1.807, 2.05) is 6.07 Å². The summed E-state index contributed by atoms with van der Waals surface area (Å²) in [5.74, 6) is 0. The lowest BCUT2D eigenvalue weighted by molar-refractivity contribution is -0.137. The molecule has 27 heavy (non-hydrogen) atoms. The third-order valence-electron chi connectivity index (χ3n) is 3.76. The second kappa shape index (κ2) is 6.42. The first-order valence-electron chi connectivity index (χ1n) is 7.33. The Morgan fingerprint density at radius 1 is 1.11 bits per heavy atom. The molecule has 0 saturated carbocycles. The number of allylic oxidation sites excluding steroid dienone is 4. The van der Waals surface area contributed by atoms with E-state index in [0.717, 1.165) is 46.7 Å². The van der Waals surface area contributed by atoms with Crippen LogP contribution in [-0.2, 0) is 6.18 Å². The molecule has 1 aromatic carbocycles. The van der Waals surface area contributed by atoms with Crippen LogP contribution in [0.3, 0.4) is 0 Å². The van der Waals surface area contributed by atoms with Crippen LogP contribution in [0.2, 0.25) is 0 Å². The van der Waals surface area contributed by atoms with E-state index in [9.17, 15) is 31.6 Å². The zero-order valence-corrected chi connectivity index (χ0v) is 14.3. The smallest absolute Gasteiger partial charge is 0.349 e. The molecule has 3 rings (SSSR count). The molecule has 1 aliphatic rings. The number of halogens is 6. The van der Waals surface area contributed by atoms with Gasteiger partial charge < -0.3 is 4.90 Å². The standard InChI is InChI=1S/C17H9F6N3S/c1-26-8-10(17(21,22)23)2-4-13(26)11(7-24)15-25-12-6-9(16(18,19)20)3-5-14(12)27-15/h2-6,8H,1H3. The fraction of sp³-hybridized carbons (Fsp3) is 0.176. The van der Waals surface area contributed by atoms with Crippen LogP contribution >= 0.6 is 11.3 Å². The molecule has 0 bridgehead atoms. The molecule has 2 aromatic rings. The van der Waals surface area contributed by atoms with Crippen LogP contribution in [0.25, 0.3) is 15.8 Å². The number of hydrogen-bond donors (Lipinski definition) is 0. The molecule has 0 spiro atoms. The van der Waals surface area contributed by atoms with Crippen molar-refractivity contribution in [3.8, 4) is 6.07 Å². The fourth-order valence-electron chi connectivity index (χ4n) is 2.46. The molecule has 0 unspecified atom stereocenters. The molecule has 0 fully saturated rings. The third-order valence-corrected chi connectivity index (χ3v) is 4.81. The van der Waals surface area contributed by atoms with Crippen LogP contribution in [0.15, 0.2) is 47.8 Å². The highest BCUT2D eigenvalue weighted by atomic mass is 32.1. The second-order valence-corrected chi connectivity index (χ2v) is 6.63. The summed E-state index contributed by atoms with van der Waals surface area (Å²) in [6.07, 6.45) is -6.26. The number of benzene rings is 1. The summed E-state index contributed by atoms with van der Waals surface area (Å²) in [5, 5.41) is 9.59. The number of thiazole rings is 1. The normalized spacial score (nSPS) is 17.1. The number of hydrogen-bond acceptors (Lipinski definition) is 4. The Balaban J connectivity index is 2.07. The average Bonchev–Trinajstić information content (AvgIpc) is 2.98. The van der Waals surface area contributed by atoms with Gasteiger partial charge in [-0.2, -0.15) is 31.6 Å². The van der Waals surface area contributed by atoms with Gasteiger partial charge in [-0.1, -0.05) is 0 Å². The van der Waals surface area contributed by atoms with Crippen LogP contribution in [0.4, 0.5) is 26.3 Å². The van der Waals surface area contributed by atoms with Gasteiger partial charge in [0.05, 0.1) is 27.1 Å². The predicted molar refractivity (Wildman–Crippen MR) is 88.2 cm³/mol. The molecule has 0 amide bonds. The molecular formula is C17H9F6N3S. The quantitative estimate of drug-likeness (QED) is 0.468. The Kier molecular flexibility index (Phi) is 4.51. The maximum atomic E-state index is 12.8. The molecule has 0 aliphatic carbocycles. The van der Waals surface area contributed by atoms with E-state index in [2.05, 4.69) is 4.98 Å². The van der Waals surface area contributed by atoms with Gasteiger partial charge in [0.2, 0.25) is 0 Å². The van der Waals surface area contributed by atoms with Crippen molar-refractivity contribution >= 4 is 27.1 Å². The summed E-state index contributed by atoms with van der Waals surface area (Å²) >= 11 is 0.989. The van der Waals surface area contributed by atoms with Gasteiger partial charge in [0.1, 0.15) is 16.6 Å². The molecule has 3 nitrogen and oxygen atoms in total. The largest absolute Gasteiger partial charge is 0.417 e. The molecule has 0 atom stereocenters. The van der Waals surface area contributed by atoms with Crippen LogP contribution in [0, 0.1) is 11.3 Å². The Morgan fingerprint density at radius 2 is 1.81 bits per heavy atom. The number of alkyl halides is 6. The lowest BCUT2D eigenvalue weighted by Gasteiger charge is -2.23. The fourth-order valence-corrected chi connectivity index (χ4v) is 3.41. The first kappa shape index (κ1) is 19.0. The van der Waals surface area contributed by atoms with Crippen molar-refractivity contribution in [2.45, 2.75) is 12.4 Å². The van der Waals surface area contributed by atoms with Crippen molar-refractivity contribution < 1.29 is 26.3 Å². The molecule has 140 valence electrons. The molecule has 0 saturated heterocycles. The van der Waals surface area contributed by atoms with E-state index in [1.54, 1.807) is 0 Å². The Labute approximate surface area is 153 Å². The second-order valence-electron chi connectivity index (χ2n) is 5.60. The summed E-state index contributed by atoms with van der Waals surface area (Å²) in [6, 6.07) is 4.91. The van der Waals surface area contributed by atoms with E-state index < -0.39 is 23.5 Å². The topological polar surface area (TPSA) is 39.9 Å². The Bertz CT molecular complexity index is 1030. The molecule has 1 aromatic heterocycles. The van der Waals surface area contributed by atoms with E-state index in [1.165, 1.54) is 13.1 Å². The molecule has 10 heteroatoms. The summed E-state index contributed by atoms with van der Waals surface area (Å²) in [7, 11) is 1.34. The van der Waals surface area contributed by atoms with Gasteiger partial charge in [0.25, 0.3) is 0 Å². The highest BCUT2D eigenvalue weighted by molar-refractivity contribution is 7.19. The number of fused-ring (bicyclic) bond motifs is 1. The van der Waals surface area contributed by atoms with Crippen LogP contribution < -0.4 is 0 Å². The zero-order chi connectivity index (χ0) is 20.0. The Morgan fingerprint density at radius 3 is 2.37 bits per heavy atom. The predicted octanol–water partition coefficient (Wildman–Crippen LogP) is 5.50. The number of nitrogens with zero attached hydrogens (tertiary/aromatic N) is 3. The van der Waals surface area contributed by atoms with Gasteiger partial charge in [-0.15, -0.1) is 11.3 Å². The van der Waals surface area contributed by atoms with Gasteiger partial charge in [0, 0.05) is 13.2 Å². The Hall–Kier alpha value is -2.80. The number of rotatable bonds is 1. The van der Waals surface area contributed by atoms with Gasteiger partial charge in [-0.3, -0.25) is 0 Å². The van der Waals surface area contributed by atoms with Crippen molar-refractivity contribution in [1.29, 1.82) is 5.26 Å². The third kappa shape index (κ3) is 3.68. The van der Waals surface area contributed by atoms with E-state index >= 15 is 0 Å². The van der Waals surface area contributed by atoms with Crippen molar-refractivity contribution in [2.75, 3.05) is 7.05 Å². The first-order chi connectivity index (χ1) is 12.5. The van der Waals surface area contributed by atoms with E-state index in [-0.39, 0.29) is 21.8 Å². The van der Waals surface area contributed by atoms with Gasteiger partial charge in [0.15, 0.2) is 0 Å². The number of nitriles is 1. The number of aromatic nitrogens is 1. The van der Waals surface area contributed by atoms with Crippen molar-refractivity contribution in [3.63, 3.8) is 0 Å². The molecular weight excluding hydrogens is 392 g/mol. The number of likely N-dealkylation sites (N-methyl/N-ethyl adjacent to an activating group) is 1. The van der Waals surface area contributed by atoms with Crippen molar-refractivity contribution in [3.05, 3.63) is 58.4 Å².